The lowest BCUT2D eigenvalue weighted by Gasteiger charge is -2.22. The van der Waals surface area contributed by atoms with Gasteiger partial charge in [0.05, 0.1) is 20.3 Å². The van der Waals surface area contributed by atoms with Crippen molar-refractivity contribution in [3.05, 3.63) is 29.8 Å². The third-order valence-corrected chi connectivity index (χ3v) is 3.02. The van der Waals surface area contributed by atoms with E-state index >= 15 is 0 Å². The molecule has 1 aliphatic rings. The molecule has 1 fully saturated rings. The van der Waals surface area contributed by atoms with Gasteiger partial charge in [-0.2, -0.15) is 0 Å². The van der Waals surface area contributed by atoms with Crippen molar-refractivity contribution in [1.82, 2.24) is 4.90 Å². The van der Waals surface area contributed by atoms with Crippen LogP contribution in [0.5, 0.6) is 5.75 Å². The molecule has 0 atom stereocenters. The van der Waals surface area contributed by atoms with Gasteiger partial charge in [0, 0.05) is 11.6 Å². The molecule has 4 heteroatoms. The summed E-state index contributed by atoms with van der Waals surface area (Å²) in [4.78, 5) is 13.7. The van der Waals surface area contributed by atoms with Crippen LogP contribution in [0.25, 0.3) is 0 Å². The van der Waals surface area contributed by atoms with E-state index in [0.717, 1.165) is 24.2 Å². The Balaban J connectivity index is 2.10. The SMILES string of the molecule is CCOC(=O)N(Cc1ccccc1OC)C1CC1. The number of para-hydroxylation sites is 1. The van der Waals surface area contributed by atoms with E-state index in [0.29, 0.717) is 19.2 Å². The molecule has 0 aliphatic heterocycles. The Morgan fingerprint density at radius 3 is 2.72 bits per heavy atom. The van der Waals surface area contributed by atoms with Crippen molar-refractivity contribution in [1.29, 1.82) is 0 Å². The normalized spacial score (nSPS) is 14.1. The van der Waals surface area contributed by atoms with Gasteiger partial charge < -0.3 is 14.4 Å². The highest BCUT2D eigenvalue weighted by Crippen LogP contribution is 2.30. The summed E-state index contributed by atoms with van der Waals surface area (Å²) >= 11 is 0. The maximum Gasteiger partial charge on any atom is 0.410 e. The van der Waals surface area contributed by atoms with Crippen LogP contribution in [0.3, 0.4) is 0 Å². The molecule has 1 aliphatic carbocycles. The van der Waals surface area contributed by atoms with Crippen molar-refractivity contribution in [2.24, 2.45) is 0 Å². The first-order valence-corrected chi connectivity index (χ1v) is 6.31. The molecule has 0 spiro atoms. The number of methoxy groups -OCH3 is 1. The van der Waals surface area contributed by atoms with E-state index in [2.05, 4.69) is 0 Å². The Hall–Kier alpha value is -1.71. The smallest absolute Gasteiger partial charge is 0.410 e. The Morgan fingerprint density at radius 1 is 1.39 bits per heavy atom. The minimum absolute atomic E-state index is 0.231. The lowest BCUT2D eigenvalue weighted by molar-refractivity contribution is 0.101. The molecule has 0 N–H and O–H groups in total. The van der Waals surface area contributed by atoms with Crippen molar-refractivity contribution < 1.29 is 14.3 Å². The van der Waals surface area contributed by atoms with Crippen molar-refractivity contribution in [2.75, 3.05) is 13.7 Å². The van der Waals surface area contributed by atoms with Crippen LogP contribution in [0.1, 0.15) is 25.3 Å². The molecule has 4 nitrogen and oxygen atoms in total. The van der Waals surface area contributed by atoms with Crippen molar-refractivity contribution in [3.8, 4) is 5.75 Å². The molecule has 1 saturated carbocycles. The minimum Gasteiger partial charge on any atom is -0.496 e. The molecule has 18 heavy (non-hydrogen) atoms. The predicted molar refractivity (Wildman–Crippen MR) is 68.6 cm³/mol. The van der Waals surface area contributed by atoms with Crippen LogP contribution in [0.15, 0.2) is 24.3 Å². The second-order valence-corrected chi connectivity index (χ2v) is 4.37. The van der Waals surface area contributed by atoms with Crippen LogP contribution in [-0.2, 0) is 11.3 Å². The Morgan fingerprint density at radius 2 is 2.11 bits per heavy atom. The van der Waals surface area contributed by atoms with Gasteiger partial charge in [0.1, 0.15) is 5.75 Å². The highest BCUT2D eigenvalue weighted by Gasteiger charge is 2.33. The standard InChI is InChI=1S/C14H19NO3/c1-3-18-14(16)15(12-8-9-12)10-11-6-4-5-7-13(11)17-2/h4-7,12H,3,8-10H2,1-2H3. The fourth-order valence-electron chi connectivity index (χ4n) is 1.95. The zero-order chi connectivity index (χ0) is 13.0. The molecule has 1 aromatic carbocycles. The first-order chi connectivity index (χ1) is 8.76. The lowest BCUT2D eigenvalue weighted by atomic mass is 10.2. The van der Waals surface area contributed by atoms with Gasteiger partial charge in [0.15, 0.2) is 0 Å². The number of ether oxygens (including phenoxy) is 2. The average Bonchev–Trinajstić information content (AvgIpc) is 3.21. The molecule has 0 radical (unpaired) electrons. The van der Waals surface area contributed by atoms with Gasteiger partial charge in [0.2, 0.25) is 0 Å². The summed E-state index contributed by atoms with van der Waals surface area (Å²) in [6, 6.07) is 8.09. The molecule has 0 heterocycles. The van der Waals surface area contributed by atoms with E-state index in [9.17, 15) is 4.79 Å². The van der Waals surface area contributed by atoms with Gasteiger partial charge in [0.25, 0.3) is 0 Å². The van der Waals surface area contributed by atoms with Crippen LogP contribution in [0, 0.1) is 0 Å². The van der Waals surface area contributed by atoms with Crippen molar-refractivity contribution in [3.63, 3.8) is 0 Å². The van der Waals surface area contributed by atoms with Gasteiger partial charge >= 0.3 is 6.09 Å². The number of hydrogen-bond donors (Lipinski definition) is 0. The van der Waals surface area contributed by atoms with Gasteiger partial charge in [-0.3, -0.25) is 0 Å². The first kappa shape index (κ1) is 12.7. The van der Waals surface area contributed by atoms with E-state index in [-0.39, 0.29) is 6.09 Å². The predicted octanol–water partition coefficient (Wildman–Crippen LogP) is 2.82. The summed E-state index contributed by atoms with van der Waals surface area (Å²) in [7, 11) is 1.64. The number of rotatable bonds is 5. The highest BCUT2D eigenvalue weighted by molar-refractivity contribution is 5.68. The summed E-state index contributed by atoms with van der Waals surface area (Å²) in [5, 5.41) is 0. The molecule has 1 aromatic rings. The zero-order valence-electron chi connectivity index (χ0n) is 10.9. The summed E-state index contributed by atoms with van der Waals surface area (Å²) in [5.41, 5.74) is 1.01. The second kappa shape index (κ2) is 5.76. The zero-order valence-corrected chi connectivity index (χ0v) is 10.9. The quantitative estimate of drug-likeness (QED) is 0.805. The third kappa shape index (κ3) is 2.94. The highest BCUT2D eigenvalue weighted by atomic mass is 16.6. The van der Waals surface area contributed by atoms with E-state index in [1.165, 1.54) is 0 Å². The number of carbonyl (C=O) groups excluding carboxylic acids is 1. The van der Waals surface area contributed by atoms with Crippen LogP contribution < -0.4 is 4.74 Å². The Labute approximate surface area is 107 Å². The van der Waals surface area contributed by atoms with Crippen LogP contribution in [-0.4, -0.2) is 30.8 Å². The minimum atomic E-state index is -0.231. The first-order valence-electron chi connectivity index (χ1n) is 6.31. The maximum atomic E-state index is 11.9. The van der Waals surface area contributed by atoms with Gasteiger partial charge in [-0.1, -0.05) is 18.2 Å². The topological polar surface area (TPSA) is 38.8 Å². The molecule has 0 bridgehead atoms. The molecule has 98 valence electrons. The van der Waals surface area contributed by atoms with Gasteiger partial charge in [-0.15, -0.1) is 0 Å². The molecule has 0 unspecified atom stereocenters. The van der Waals surface area contributed by atoms with E-state index in [4.69, 9.17) is 9.47 Å². The lowest BCUT2D eigenvalue weighted by Crippen LogP contribution is -2.33. The third-order valence-electron chi connectivity index (χ3n) is 3.02. The van der Waals surface area contributed by atoms with Crippen molar-refractivity contribution in [2.45, 2.75) is 32.4 Å². The molecule has 0 aromatic heterocycles. The molecular formula is C14H19NO3. The van der Waals surface area contributed by atoms with Crippen LogP contribution in [0.4, 0.5) is 4.79 Å². The Kier molecular flexibility index (Phi) is 4.07. The summed E-state index contributed by atoms with van der Waals surface area (Å²) < 4.78 is 10.4. The monoisotopic (exact) mass is 249 g/mol. The molecule has 1 amide bonds. The fraction of sp³-hybridized carbons (Fsp3) is 0.500. The number of hydrogen-bond acceptors (Lipinski definition) is 3. The molecule has 0 saturated heterocycles. The number of benzene rings is 1. The maximum absolute atomic E-state index is 11.9. The Bertz CT molecular complexity index is 415. The molecular weight excluding hydrogens is 230 g/mol. The van der Waals surface area contributed by atoms with Crippen LogP contribution in [0.2, 0.25) is 0 Å². The molecule has 2 rings (SSSR count). The van der Waals surface area contributed by atoms with Gasteiger partial charge in [-0.05, 0) is 25.8 Å². The fourth-order valence-corrected chi connectivity index (χ4v) is 1.95. The average molecular weight is 249 g/mol. The van der Waals surface area contributed by atoms with E-state index in [1.807, 2.05) is 31.2 Å². The van der Waals surface area contributed by atoms with E-state index < -0.39 is 0 Å². The number of nitrogens with zero attached hydrogens (tertiary/aromatic N) is 1. The summed E-state index contributed by atoms with van der Waals surface area (Å²) in [5.74, 6) is 0.812. The number of carbonyl (C=O) groups is 1. The summed E-state index contributed by atoms with van der Waals surface area (Å²) in [6.07, 6.45) is 1.90. The second-order valence-electron chi connectivity index (χ2n) is 4.37. The van der Waals surface area contributed by atoms with Crippen molar-refractivity contribution >= 4 is 6.09 Å². The van der Waals surface area contributed by atoms with Gasteiger partial charge in [-0.25, -0.2) is 4.79 Å². The summed E-state index contributed by atoms with van der Waals surface area (Å²) in [6.45, 7) is 2.79. The largest absolute Gasteiger partial charge is 0.496 e. The van der Waals surface area contributed by atoms with E-state index in [1.54, 1.807) is 12.0 Å². The van der Waals surface area contributed by atoms with Crippen LogP contribution >= 0.6 is 0 Å². The number of amides is 1.